The van der Waals surface area contributed by atoms with Gasteiger partial charge in [-0.05, 0) is 62.6 Å². The van der Waals surface area contributed by atoms with E-state index in [1.165, 1.54) is 18.2 Å². The molecule has 0 aliphatic heterocycles. The smallest absolute Gasteiger partial charge is 0.193 e. The van der Waals surface area contributed by atoms with E-state index in [-0.39, 0.29) is 9.79 Å². The van der Waals surface area contributed by atoms with Crippen LogP contribution in [0.25, 0.3) is 0 Å². The van der Waals surface area contributed by atoms with Crippen molar-refractivity contribution < 1.29 is 20.5 Å². The van der Waals surface area contributed by atoms with Gasteiger partial charge in [-0.25, -0.2) is 0 Å². The molecule has 0 heterocycles. The molecule has 0 saturated carbocycles. The van der Waals surface area contributed by atoms with Gasteiger partial charge in [0.25, 0.3) is 0 Å². The van der Waals surface area contributed by atoms with E-state index in [1.54, 1.807) is 32.0 Å². The van der Waals surface area contributed by atoms with Crippen LogP contribution in [0.3, 0.4) is 0 Å². The maximum atomic E-state index is 12.3. The van der Waals surface area contributed by atoms with E-state index in [1.807, 2.05) is 13.8 Å². The molecule has 0 radical (unpaired) electrons. The van der Waals surface area contributed by atoms with Crippen molar-refractivity contribution in [3.63, 3.8) is 0 Å². The Morgan fingerprint density at radius 3 is 1.91 bits per heavy atom. The zero-order chi connectivity index (χ0) is 17.4. The Morgan fingerprint density at radius 1 is 0.696 bits per heavy atom. The second-order valence-electron chi connectivity index (χ2n) is 5.49. The molecule has 0 spiro atoms. The Kier molecular flexibility index (Phi) is 4.66. The van der Waals surface area contributed by atoms with E-state index in [0.29, 0.717) is 5.56 Å². The maximum absolute atomic E-state index is 12.3. The largest absolute Gasteiger partial charge is 0.311 e. The fraction of sp³-hybridized carbons (Fsp3) is 0.250. The molecule has 2 rings (SSSR count). The highest BCUT2D eigenvalue weighted by Crippen LogP contribution is 2.24. The summed E-state index contributed by atoms with van der Waals surface area (Å²) in [5, 5.41) is 0. The van der Waals surface area contributed by atoms with Gasteiger partial charge in [-0.15, -0.1) is 3.63 Å². The monoisotopic (exact) mass is 354 g/mol. The molecule has 0 N–H and O–H groups in total. The van der Waals surface area contributed by atoms with Gasteiger partial charge in [0, 0.05) is 0 Å². The van der Waals surface area contributed by atoms with E-state index in [2.05, 4.69) is 3.63 Å². The van der Waals surface area contributed by atoms with Gasteiger partial charge < -0.3 is 0 Å². The van der Waals surface area contributed by atoms with Crippen molar-refractivity contribution in [1.82, 2.24) is 0 Å². The van der Waals surface area contributed by atoms with Gasteiger partial charge in [0.05, 0.1) is 9.79 Å². The second-order valence-corrected chi connectivity index (χ2v) is 8.76. The normalized spacial score (nSPS) is 12.3. The van der Waals surface area contributed by atoms with Gasteiger partial charge in [-0.1, -0.05) is 23.8 Å². The average molecular weight is 354 g/mol. The molecular weight excluding hydrogens is 336 g/mol. The van der Waals surface area contributed by atoms with Crippen LogP contribution in [0.4, 0.5) is 0 Å². The fourth-order valence-electron chi connectivity index (χ4n) is 2.14. The molecule has 2 aromatic rings. The molecule has 5 nitrogen and oxygen atoms in total. The van der Waals surface area contributed by atoms with Gasteiger partial charge in [-0.3, -0.25) is 0 Å². The molecule has 0 aliphatic carbocycles. The SMILES string of the molecule is Cc1ccc(S(=O)(=O)OS(=O)(=O)c2ccc(C)c(C)c2)c(C)c1. The summed E-state index contributed by atoms with van der Waals surface area (Å²) in [4.78, 5) is -0.343. The summed E-state index contributed by atoms with van der Waals surface area (Å²) >= 11 is 0. The Morgan fingerprint density at radius 2 is 1.35 bits per heavy atom. The standard InChI is InChI=1S/C16H18O5S2/c1-11-5-8-16(14(4)9-11)23(19,20)21-22(17,18)15-7-6-12(2)13(3)10-15/h5-10H,1-4H3. The number of hydrogen-bond acceptors (Lipinski definition) is 5. The molecule has 0 bridgehead atoms. The minimum Gasteiger partial charge on any atom is -0.193 e. The zero-order valence-corrected chi connectivity index (χ0v) is 15.0. The Labute approximate surface area is 137 Å². The summed E-state index contributed by atoms with van der Waals surface area (Å²) in [6.07, 6.45) is 0. The molecule has 0 amide bonds. The van der Waals surface area contributed by atoms with Crippen LogP contribution in [-0.2, 0) is 23.9 Å². The molecule has 0 atom stereocenters. The molecular formula is C16H18O5S2. The quantitative estimate of drug-likeness (QED) is 0.843. The first-order valence-corrected chi connectivity index (χ1v) is 9.70. The minimum atomic E-state index is -4.42. The highest BCUT2D eigenvalue weighted by molar-refractivity contribution is 8.00. The lowest BCUT2D eigenvalue weighted by atomic mass is 10.1. The molecule has 0 fully saturated rings. The van der Waals surface area contributed by atoms with E-state index >= 15 is 0 Å². The number of aryl methyl sites for hydroxylation is 4. The lowest BCUT2D eigenvalue weighted by molar-refractivity contribution is 0.461. The van der Waals surface area contributed by atoms with Crippen LogP contribution < -0.4 is 0 Å². The van der Waals surface area contributed by atoms with E-state index < -0.39 is 20.2 Å². The summed E-state index contributed by atoms with van der Waals surface area (Å²) in [7, 11) is -8.84. The molecule has 0 unspecified atom stereocenters. The van der Waals surface area contributed by atoms with Crippen LogP contribution in [0.1, 0.15) is 22.3 Å². The van der Waals surface area contributed by atoms with Gasteiger partial charge >= 0.3 is 20.2 Å². The van der Waals surface area contributed by atoms with Crippen LogP contribution in [0.15, 0.2) is 46.2 Å². The van der Waals surface area contributed by atoms with Gasteiger partial charge in [0.2, 0.25) is 0 Å². The fourth-order valence-corrected chi connectivity index (χ4v) is 4.94. The highest BCUT2D eigenvalue weighted by atomic mass is 32.3. The number of rotatable bonds is 4. The van der Waals surface area contributed by atoms with Crippen LogP contribution in [-0.4, -0.2) is 16.8 Å². The lowest BCUT2D eigenvalue weighted by Crippen LogP contribution is -2.15. The van der Waals surface area contributed by atoms with Crippen molar-refractivity contribution >= 4 is 20.2 Å². The van der Waals surface area contributed by atoms with Crippen molar-refractivity contribution in [2.45, 2.75) is 37.5 Å². The first kappa shape index (κ1) is 17.7. The van der Waals surface area contributed by atoms with Gasteiger partial charge in [-0.2, -0.15) is 16.8 Å². The third kappa shape index (κ3) is 3.80. The first-order chi connectivity index (χ1) is 10.5. The minimum absolute atomic E-state index is 0.157. The van der Waals surface area contributed by atoms with E-state index in [0.717, 1.165) is 16.7 Å². The molecule has 0 aromatic heterocycles. The Balaban J connectivity index is 2.44. The summed E-state index contributed by atoms with van der Waals surface area (Å²) in [5.41, 5.74) is 2.94. The Bertz CT molecular complexity index is 958. The summed E-state index contributed by atoms with van der Waals surface area (Å²) in [6, 6.07) is 8.91. The van der Waals surface area contributed by atoms with Gasteiger partial charge in [0.15, 0.2) is 0 Å². The third-order valence-corrected chi connectivity index (χ3v) is 6.81. The zero-order valence-electron chi connectivity index (χ0n) is 13.3. The topological polar surface area (TPSA) is 77.5 Å². The number of benzene rings is 2. The highest BCUT2D eigenvalue weighted by Gasteiger charge is 2.28. The van der Waals surface area contributed by atoms with E-state index in [9.17, 15) is 16.8 Å². The predicted octanol–water partition coefficient (Wildman–Crippen LogP) is 3.01. The third-order valence-electron chi connectivity index (χ3n) is 3.55. The van der Waals surface area contributed by atoms with Crippen LogP contribution in [0.2, 0.25) is 0 Å². The van der Waals surface area contributed by atoms with Crippen LogP contribution in [0.5, 0.6) is 0 Å². The Hall–Kier alpha value is -1.70. The maximum Gasteiger partial charge on any atom is 0.311 e. The van der Waals surface area contributed by atoms with Gasteiger partial charge in [0.1, 0.15) is 0 Å². The van der Waals surface area contributed by atoms with E-state index in [4.69, 9.17) is 0 Å². The lowest BCUT2D eigenvalue weighted by Gasteiger charge is -2.10. The first-order valence-electron chi connectivity index (χ1n) is 6.88. The molecule has 0 saturated heterocycles. The van der Waals surface area contributed by atoms with Crippen molar-refractivity contribution in [2.75, 3.05) is 0 Å². The molecule has 2 aromatic carbocycles. The van der Waals surface area contributed by atoms with Crippen LogP contribution >= 0.6 is 0 Å². The van der Waals surface area contributed by atoms with Crippen molar-refractivity contribution in [3.8, 4) is 0 Å². The van der Waals surface area contributed by atoms with Crippen molar-refractivity contribution in [2.24, 2.45) is 0 Å². The molecule has 23 heavy (non-hydrogen) atoms. The average Bonchev–Trinajstić information content (AvgIpc) is 2.40. The molecule has 124 valence electrons. The second kappa shape index (κ2) is 6.07. The van der Waals surface area contributed by atoms with Crippen molar-refractivity contribution in [1.29, 1.82) is 0 Å². The molecule has 7 heteroatoms. The summed E-state index contributed by atoms with van der Waals surface area (Å²) in [6.45, 7) is 6.98. The summed E-state index contributed by atoms with van der Waals surface area (Å²) in [5.74, 6) is 0. The predicted molar refractivity (Wildman–Crippen MR) is 87.3 cm³/mol. The summed E-state index contributed by atoms with van der Waals surface area (Å²) < 4.78 is 53.7. The van der Waals surface area contributed by atoms with Crippen LogP contribution in [0, 0.1) is 27.7 Å². The van der Waals surface area contributed by atoms with Crippen molar-refractivity contribution in [3.05, 3.63) is 58.7 Å². The number of hydrogen-bond donors (Lipinski definition) is 0. The molecule has 0 aliphatic rings.